The number of benzene rings is 1. The minimum atomic E-state index is -1.23. The van der Waals surface area contributed by atoms with Gasteiger partial charge in [-0.2, -0.15) is 0 Å². The van der Waals surface area contributed by atoms with Crippen molar-refractivity contribution in [3.63, 3.8) is 0 Å². The molecule has 82 valence electrons. The molecule has 0 bridgehead atoms. The van der Waals surface area contributed by atoms with Crippen molar-refractivity contribution in [1.82, 2.24) is 0 Å². The van der Waals surface area contributed by atoms with Gasteiger partial charge in [0.1, 0.15) is 5.82 Å². The lowest BCUT2D eigenvalue weighted by atomic mass is 10.1. The van der Waals surface area contributed by atoms with Gasteiger partial charge < -0.3 is 5.11 Å². The molecule has 0 amide bonds. The van der Waals surface area contributed by atoms with E-state index in [1.54, 1.807) is 0 Å². The Labute approximate surface area is 90.1 Å². The average molecular weight is 236 g/mol. The molecule has 1 N–H and O–H groups in total. The fraction of sp³-hybridized carbons (Fsp3) is 0.125. The van der Waals surface area contributed by atoms with Crippen LogP contribution in [0.5, 0.6) is 0 Å². The van der Waals surface area contributed by atoms with Gasteiger partial charge in [0.05, 0.1) is 11.3 Å². The first-order valence-electron chi connectivity index (χ1n) is 3.65. The van der Waals surface area contributed by atoms with Crippen molar-refractivity contribution in [2.45, 2.75) is 6.42 Å². The zero-order valence-electron chi connectivity index (χ0n) is 7.34. The topological polar surface area (TPSA) is 80.4 Å². The van der Waals surface area contributed by atoms with Gasteiger partial charge in [-0.25, -0.2) is 4.39 Å². The molecule has 0 unspecified atom stereocenters. The lowest BCUT2D eigenvalue weighted by Crippen LogP contribution is -2.03. The van der Waals surface area contributed by atoms with E-state index in [4.69, 9.17) is 5.11 Å². The Hall–Kier alpha value is -1.69. The molecule has 15 heavy (non-hydrogen) atoms. The van der Waals surface area contributed by atoms with E-state index >= 15 is 0 Å². The fourth-order valence-corrected chi connectivity index (χ4v) is 0.973. The first kappa shape index (κ1) is 13.3. The summed E-state index contributed by atoms with van der Waals surface area (Å²) < 4.78 is 12.9. The van der Waals surface area contributed by atoms with E-state index in [1.165, 1.54) is 0 Å². The predicted molar refractivity (Wildman–Crippen MR) is 51.6 cm³/mol. The number of carboxylic acids is 1. The van der Waals surface area contributed by atoms with Crippen LogP contribution in [0.15, 0.2) is 18.2 Å². The summed E-state index contributed by atoms with van der Waals surface area (Å²) in [6, 6.07) is 2.79. The van der Waals surface area contributed by atoms with E-state index in [0.29, 0.717) is 0 Å². The van der Waals surface area contributed by atoms with E-state index in [1.807, 2.05) is 0 Å². The van der Waals surface area contributed by atoms with E-state index < -0.39 is 23.1 Å². The van der Waals surface area contributed by atoms with Gasteiger partial charge in [-0.15, -0.1) is 12.4 Å². The number of rotatable bonds is 3. The van der Waals surface area contributed by atoms with Gasteiger partial charge in [0.25, 0.3) is 5.69 Å². The molecule has 0 spiro atoms. The van der Waals surface area contributed by atoms with Gasteiger partial charge >= 0.3 is 5.97 Å². The third-order valence-corrected chi connectivity index (χ3v) is 1.58. The molecule has 1 rings (SSSR count). The molecule has 0 radical (unpaired) electrons. The van der Waals surface area contributed by atoms with Crippen LogP contribution in [-0.2, 0) is 11.2 Å². The Bertz CT molecular complexity index is 396. The quantitative estimate of drug-likeness (QED) is 0.640. The smallest absolute Gasteiger partial charge is 0.307 e. The maximum absolute atomic E-state index is 12.9. The molecule has 5 nitrogen and oxygen atoms in total. The van der Waals surface area contributed by atoms with Crippen LogP contribution in [-0.4, -0.2) is 16.0 Å². The number of aliphatic carboxylic acids is 1. The first-order valence-corrected chi connectivity index (χ1v) is 3.65. The summed E-state index contributed by atoms with van der Waals surface area (Å²) in [4.78, 5) is 19.8. The van der Waals surface area contributed by atoms with Crippen LogP contribution in [0.4, 0.5) is 10.1 Å². The van der Waals surface area contributed by atoms with Gasteiger partial charge in [0.2, 0.25) is 0 Å². The Morgan fingerprint density at radius 2 is 2.13 bits per heavy atom. The van der Waals surface area contributed by atoms with Crippen LogP contribution in [0.25, 0.3) is 0 Å². The molecule has 1 aromatic rings. The van der Waals surface area contributed by atoms with Crippen LogP contribution in [0.3, 0.4) is 0 Å². The number of nitro groups is 1. The van der Waals surface area contributed by atoms with Crippen molar-refractivity contribution in [2.75, 3.05) is 0 Å². The number of nitrogens with zero attached hydrogens (tertiary/aromatic N) is 1. The third kappa shape index (κ3) is 3.51. The minimum absolute atomic E-state index is 0. The van der Waals surface area contributed by atoms with Crippen molar-refractivity contribution in [2.24, 2.45) is 0 Å². The highest BCUT2D eigenvalue weighted by molar-refractivity contribution is 5.85. The Morgan fingerprint density at radius 1 is 1.53 bits per heavy atom. The Morgan fingerprint density at radius 3 is 2.60 bits per heavy atom. The van der Waals surface area contributed by atoms with Gasteiger partial charge in [0.15, 0.2) is 0 Å². The number of halogens is 2. The molecule has 0 aliphatic carbocycles. The zero-order valence-corrected chi connectivity index (χ0v) is 8.16. The lowest BCUT2D eigenvalue weighted by molar-refractivity contribution is -0.385. The summed E-state index contributed by atoms with van der Waals surface area (Å²) in [6.45, 7) is 0. The van der Waals surface area contributed by atoms with E-state index in [2.05, 4.69) is 0 Å². The molecule has 7 heteroatoms. The van der Waals surface area contributed by atoms with Gasteiger partial charge in [0, 0.05) is 17.7 Å². The van der Waals surface area contributed by atoms with Crippen LogP contribution in [0.1, 0.15) is 5.56 Å². The number of carbonyl (C=O) groups is 1. The maximum Gasteiger partial charge on any atom is 0.307 e. The molecule has 0 heterocycles. The van der Waals surface area contributed by atoms with E-state index in [-0.39, 0.29) is 23.7 Å². The minimum Gasteiger partial charge on any atom is -0.481 e. The number of non-ortho nitro benzene ring substituents is 1. The molecular weight excluding hydrogens is 229 g/mol. The van der Waals surface area contributed by atoms with Crippen molar-refractivity contribution in [1.29, 1.82) is 0 Å². The zero-order chi connectivity index (χ0) is 10.7. The molecule has 1 aromatic carbocycles. The van der Waals surface area contributed by atoms with Gasteiger partial charge in [-0.3, -0.25) is 14.9 Å². The fourth-order valence-electron chi connectivity index (χ4n) is 0.973. The second-order valence-corrected chi connectivity index (χ2v) is 2.60. The van der Waals surface area contributed by atoms with Gasteiger partial charge in [-0.1, -0.05) is 0 Å². The summed E-state index contributed by atoms with van der Waals surface area (Å²) in [6.07, 6.45) is -0.562. The van der Waals surface area contributed by atoms with Crippen molar-refractivity contribution in [3.8, 4) is 0 Å². The van der Waals surface area contributed by atoms with Crippen molar-refractivity contribution < 1.29 is 19.2 Å². The van der Waals surface area contributed by atoms with Crippen LogP contribution in [0.2, 0.25) is 0 Å². The molecule has 0 aliphatic rings. The standard InChI is InChI=1S/C8H6FNO4.ClH/c9-7-2-1-6(10(13)14)3-5(7)4-8(11)12;/h1-3H,4H2,(H,11,12);1H. The van der Waals surface area contributed by atoms with Gasteiger partial charge in [-0.05, 0) is 6.07 Å². The molecule has 0 aromatic heterocycles. The highest BCUT2D eigenvalue weighted by Gasteiger charge is 2.12. The predicted octanol–water partition coefficient (Wildman–Crippen LogP) is 1.78. The maximum atomic E-state index is 12.9. The summed E-state index contributed by atoms with van der Waals surface area (Å²) >= 11 is 0. The summed E-state index contributed by atoms with van der Waals surface area (Å²) in [5, 5.41) is 18.7. The van der Waals surface area contributed by atoms with E-state index in [9.17, 15) is 19.3 Å². The monoisotopic (exact) mass is 235 g/mol. The first-order chi connectivity index (χ1) is 6.50. The molecule has 0 saturated heterocycles. The van der Waals surface area contributed by atoms with Crippen LogP contribution < -0.4 is 0 Å². The lowest BCUT2D eigenvalue weighted by Gasteiger charge is -1.98. The number of carboxylic acid groups (broad SMARTS) is 1. The summed E-state index contributed by atoms with van der Waals surface area (Å²) in [5.74, 6) is -1.98. The molecule has 0 aliphatic heterocycles. The third-order valence-electron chi connectivity index (χ3n) is 1.58. The highest BCUT2D eigenvalue weighted by Crippen LogP contribution is 2.17. The SMILES string of the molecule is Cl.O=C(O)Cc1cc([N+](=O)[O-])ccc1F. The second kappa shape index (κ2) is 5.26. The van der Waals surface area contributed by atoms with E-state index in [0.717, 1.165) is 18.2 Å². The van der Waals surface area contributed by atoms with Crippen LogP contribution in [0, 0.1) is 15.9 Å². The largest absolute Gasteiger partial charge is 0.481 e. The molecular formula is C8H7ClFNO4. The summed E-state index contributed by atoms with van der Waals surface area (Å²) in [5.41, 5.74) is -0.505. The average Bonchev–Trinajstić information content (AvgIpc) is 2.07. The van der Waals surface area contributed by atoms with Crippen molar-refractivity contribution in [3.05, 3.63) is 39.7 Å². The highest BCUT2D eigenvalue weighted by atomic mass is 35.5. The van der Waals surface area contributed by atoms with Crippen molar-refractivity contribution >= 4 is 24.1 Å². The number of hydrogen-bond acceptors (Lipinski definition) is 3. The number of nitro benzene ring substituents is 1. The Balaban J connectivity index is 0.00000196. The molecule has 0 fully saturated rings. The number of hydrogen-bond donors (Lipinski definition) is 1. The normalized spacial score (nSPS) is 9.13. The molecule has 0 atom stereocenters. The molecule has 0 saturated carbocycles. The Kier molecular flexibility index (Phi) is 4.66. The summed E-state index contributed by atoms with van der Waals surface area (Å²) in [7, 11) is 0. The second-order valence-electron chi connectivity index (χ2n) is 2.60. The van der Waals surface area contributed by atoms with Crippen LogP contribution >= 0.6 is 12.4 Å².